The number of Topliss-reactive ketones (excluding diaryl/α,β-unsaturated/α-hetero) is 2. The van der Waals surface area contributed by atoms with E-state index in [9.17, 15) is 9.59 Å². The van der Waals surface area contributed by atoms with Crippen LogP contribution in [0.25, 0.3) is 21.9 Å². The van der Waals surface area contributed by atoms with Gasteiger partial charge in [-0.15, -0.1) is 0 Å². The van der Waals surface area contributed by atoms with Crippen LogP contribution in [0.15, 0.2) is 33.5 Å². The average molecular weight is 484 g/mol. The third-order valence-electron chi connectivity index (χ3n) is 5.48. The van der Waals surface area contributed by atoms with Crippen LogP contribution in [0.4, 0.5) is 0 Å². The number of ketones is 2. The van der Waals surface area contributed by atoms with Gasteiger partial charge in [-0.2, -0.15) is 0 Å². The molecule has 0 amide bonds. The molecule has 4 aromatic rings. The number of furan rings is 2. The Labute approximate surface area is 200 Å². The Bertz CT molecular complexity index is 1320. The number of rotatable bonds is 10. The summed E-state index contributed by atoms with van der Waals surface area (Å²) in [7, 11) is 5.73. The minimum atomic E-state index is -0.433. The van der Waals surface area contributed by atoms with E-state index in [4.69, 9.17) is 37.3 Å². The van der Waals surface area contributed by atoms with E-state index in [0.717, 1.165) is 0 Å². The minimum Gasteiger partial charge on any atom is -0.495 e. The summed E-state index contributed by atoms with van der Waals surface area (Å²) in [4.78, 5) is 25.2. The Morgan fingerprint density at radius 1 is 0.629 bits per heavy atom. The smallest absolute Gasteiger partial charge is 0.231 e. The van der Waals surface area contributed by atoms with Gasteiger partial charge in [-0.3, -0.25) is 9.59 Å². The molecule has 10 heteroatoms. The Kier molecular flexibility index (Phi) is 6.46. The number of carbonyl (C=O) groups is 2. The van der Waals surface area contributed by atoms with Crippen molar-refractivity contribution in [2.75, 3.05) is 35.2 Å². The Morgan fingerprint density at radius 3 is 1.31 bits per heavy atom. The minimum absolute atomic E-state index is 0.0636. The van der Waals surface area contributed by atoms with Crippen LogP contribution < -0.4 is 28.4 Å². The highest BCUT2D eigenvalue weighted by Crippen LogP contribution is 2.48. The van der Waals surface area contributed by atoms with Crippen LogP contribution in [-0.4, -0.2) is 46.8 Å². The fraction of sp³-hybridized carbons (Fsp3) is 0.280. The summed E-state index contributed by atoms with van der Waals surface area (Å²) in [6, 6.07) is 3.33. The van der Waals surface area contributed by atoms with Crippen molar-refractivity contribution in [2.24, 2.45) is 0 Å². The maximum absolute atomic E-state index is 12.6. The zero-order valence-corrected chi connectivity index (χ0v) is 20.1. The molecule has 10 nitrogen and oxygen atoms in total. The lowest BCUT2D eigenvalue weighted by molar-refractivity contribution is 0.0952. The summed E-state index contributed by atoms with van der Waals surface area (Å²) in [5.41, 5.74) is 0.981. The second kappa shape index (κ2) is 9.49. The van der Waals surface area contributed by atoms with Gasteiger partial charge in [0.1, 0.15) is 22.6 Å². The van der Waals surface area contributed by atoms with Crippen LogP contribution in [0.1, 0.15) is 34.6 Å². The Balaban J connectivity index is 1.81. The maximum atomic E-state index is 12.6. The molecule has 0 aliphatic carbocycles. The first kappa shape index (κ1) is 23.8. The molecule has 184 valence electrons. The van der Waals surface area contributed by atoms with Crippen molar-refractivity contribution in [3.8, 4) is 34.5 Å². The van der Waals surface area contributed by atoms with Gasteiger partial charge in [-0.05, 0) is 26.0 Å². The summed E-state index contributed by atoms with van der Waals surface area (Å²) in [5.74, 6) is 0.422. The van der Waals surface area contributed by atoms with Crippen LogP contribution in [0.2, 0.25) is 0 Å². The van der Waals surface area contributed by atoms with Crippen LogP contribution in [-0.2, 0) is 0 Å². The first-order chi connectivity index (χ1) is 16.9. The number of fused-ring (bicyclic) bond motifs is 2. The molecule has 2 heterocycles. The number of benzene rings is 2. The molecule has 0 saturated carbocycles. The molecule has 2 aromatic heterocycles. The molecule has 0 aliphatic rings. The Hall–Kier alpha value is -4.34. The molecule has 0 bridgehead atoms. The molecule has 0 saturated heterocycles. The van der Waals surface area contributed by atoms with Gasteiger partial charge in [0.15, 0.2) is 34.2 Å². The lowest BCUT2D eigenvalue weighted by Gasteiger charge is -2.20. The SMILES string of the molecule is COc1c(C(C)=O)c(OCOc2c(C(C)=O)c(OC)c3ccoc3c2OC)c(OC)c2occc12. The first-order valence-electron chi connectivity index (χ1n) is 10.5. The van der Waals surface area contributed by atoms with Gasteiger partial charge in [0, 0.05) is 0 Å². The van der Waals surface area contributed by atoms with Gasteiger partial charge in [-0.25, -0.2) is 0 Å². The molecular weight excluding hydrogens is 460 g/mol. The molecule has 0 atom stereocenters. The van der Waals surface area contributed by atoms with Crippen LogP contribution >= 0.6 is 0 Å². The van der Waals surface area contributed by atoms with Gasteiger partial charge >= 0.3 is 0 Å². The summed E-state index contributed by atoms with van der Waals surface area (Å²) >= 11 is 0. The van der Waals surface area contributed by atoms with E-state index in [1.54, 1.807) is 12.1 Å². The third kappa shape index (κ3) is 3.76. The summed E-state index contributed by atoms with van der Waals surface area (Å²) in [6.07, 6.45) is 2.91. The van der Waals surface area contributed by atoms with Crippen molar-refractivity contribution in [2.45, 2.75) is 13.8 Å². The largest absolute Gasteiger partial charge is 0.495 e. The van der Waals surface area contributed by atoms with Crippen LogP contribution in [0.3, 0.4) is 0 Å². The van der Waals surface area contributed by atoms with Crippen LogP contribution in [0, 0.1) is 0 Å². The molecule has 0 radical (unpaired) electrons. The van der Waals surface area contributed by atoms with Gasteiger partial charge in [0.05, 0.1) is 51.7 Å². The summed E-state index contributed by atoms with van der Waals surface area (Å²) in [5, 5.41) is 1.10. The van der Waals surface area contributed by atoms with Gasteiger partial charge in [-0.1, -0.05) is 0 Å². The number of methoxy groups -OCH3 is 4. The monoisotopic (exact) mass is 484 g/mol. The standard InChI is InChI=1S/C25H24O10/c1-12(26)16-18(28-3)14-7-9-32-20(14)24(30-5)22(16)34-11-35-23-17(13(2)27)19(29-4)15-8-10-33-21(15)25(23)31-6/h7-10H,11H2,1-6H3. The van der Waals surface area contributed by atoms with Gasteiger partial charge in [0.2, 0.25) is 18.3 Å². The second-order valence-electron chi connectivity index (χ2n) is 7.39. The first-order valence-corrected chi connectivity index (χ1v) is 10.5. The van der Waals surface area contributed by atoms with E-state index in [0.29, 0.717) is 21.9 Å². The number of ether oxygens (including phenoxy) is 6. The fourth-order valence-corrected chi connectivity index (χ4v) is 4.09. The third-order valence-corrected chi connectivity index (χ3v) is 5.48. The summed E-state index contributed by atoms with van der Waals surface area (Å²) < 4.78 is 44.9. The molecule has 35 heavy (non-hydrogen) atoms. The molecule has 2 aromatic carbocycles. The van der Waals surface area contributed by atoms with Crippen molar-refractivity contribution >= 4 is 33.5 Å². The van der Waals surface area contributed by atoms with Crippen molar-refractivity contribution in [1.82, 2.24) is 0 Å². The van der Waals surface area contributed by atoms with E-state index in [1.807, 2.05) is 0 Å². The van der Waals surface area contributed by atoms with E-state index in [-0.39, 0.29) is 57.2 Å². The molecule has 0 spiro atoms. The summed E-state index contributed by atoms with van der Waals surface area (Å²) in [6.45, 7) is 2.32. The quantitative estimate of drug-likeness (QED) is 0.224. The van der Waals surface area contributed by atoms with E-state index < -0.39 is 6.79 Å². The normalized spacial score (nSPS) is 10.9. The lowest BCUT2D eigenvalue weighted by atomic mass is 10.0. The van der Waals surface area contributed by atoms with E-state index in [1.165, 1.54) is 54.8 Å². The van der Waals surface area contributed by atoms with E-state index >= 15 is 0 Å². The van der Waals surface area contributed by atoms with Crippen LogP contribution in [0.5, 0.6) is 34.5 Å². The zero-order valence-electron chi connectivity index (χ0n) is 20.1. The highest BCUT2D eigenvalue weighted by molar-refractivity contribution is 6.09. The lowest BCUT2D eigenvalue weighted by Crippen LogP contribution is -2.13. The molecule has 0 unspecified atom stereocenters. The second-order valence-corrected chi connectivity index (χ2v) is 7.39. The predicted molar refractivity (Wildman–Crippen MR) is 125 cm³/mol. The maximum Gasteiger partial charge on any atom is 0.231 e. The van der Waals surface area contributed by atoms with Crippen molar-refractivity contribution in [1.29, 1.82) is 0 Å². The highest BCUT2D eigenvalue weighted by Gasteiger charge is 2.29. The Morgan fingerprint density at radius 2 is 1.00 bits per heavy atom. The molecular formula is C25H24O10. The van der Waals surface area contributed by atoms with Gasteiger partial charge in [0.25, 0.3) is 0 Å². The molecule has 0 fully saturated rings. The number of hydrogen-bond donors (Lipinski definition) is 0. The number of carbonyl (C=O) groups excluding carboxylic acids is 2. The molecule has 0 aliphatic heterocycles. The zero-order chi connectivity index (χ0) is 25.3. The predicted octanol–water partition coefficient (Wildman–Crippen LogP) is 5.03. The molecule has 0 N–H and O–H groups in total. The topological polar surface area (TPSA) is 116 Å². The van der Waals surface area contributed by atoms with Crippen molar-refractivity contribution < 1.29 is 46.8 Å². The van der Waals surface area contributed by atoms with E-state index in [2.05, 4.69) is 0 Å². The van der Waals surface area contributed by atoms with Gasteiger partial charge < -0.3 is 37.3 Å². The fourth-order valence-electron chi connectivity index (χ4n) is 4.09. The average Bonchev–Trinajstić information content (AvgIpc) is 3.51. The number of hydrogen-bond acceptors (Lipinski definition) is 10. The van der Waals surface area contributed by atoms with Crippen molar-refractivity contribution in [3.63, 3.8) is 0 Å². The van der Waals surface area contributed by atoms with Crippen molar-refractivity contribution in [3.05, 3.63) is 35.8 Å². The molecule has 4 rings (SSSR count). The highest BCUT2D eigenvalue weighted by atomic mass is 16.7.